The molecular formula is C41H44Cl2Zr-2. The molecule has 0 nitrogen and oxygen atoms in total. The van der Waals surface area contributed by atoms with Crippen molar-refractivity contribution in [1.29, 1.82) is 0 Å². The van der Waals surface area contributed by atoms with Gasteiger partial charge in [-0.15, -0.1) is 40.1 Å². The van der Waals surface area contributed by atoms with Crippen LogP contribution in [0.2, 0.25) is 0 Å². The van der Waals surface area contributed by atoms with E-state index in [1.807, 2.05) is 15.4 Å². The third-order valence-corrected chi connectivity index (χ3v) is 12.5. The average molecular weight is 699 g/mol. The molecule has 0 heterocycles. The Hall–Kier alpha value is -1.92. The third kappa shape index (κ3) is 7.54. The summed E-state index contributed by atoms with van der Waals surface area (Å²) in [6.45, 7) is 5.04. The van der Waals surface area contributed by atoms with Gasteiger partial charge in [0.1, 0.15) is 0 Å². The van der Waals surface area contributed by atoms with Crippen LogP contribution < -0.4 is 24.8 Å². The molecule has 2 atom stereocenters. The van der Waals surface area contributed by atoms with Crippen molar-refractivity contribution in [2.45, 2.75) is 71.6 Å². The maximum Gasteiger partial charge on any atom is -0.0255 e. The maximum atomic E-state index is 2.99. The Labute approximate surface area is 291 Å². The summed E-state index contributed by atoms with van der Waals surface area (Å²) in [6.07, 6.45) is 22.0. The molecule has 3 aliphatic rings. The van der Waals surface area contributed by atoms with Crippen LogP contribution in [-0.2, 0) is 24.2 Å². The Morgan fingerprint density at radius 2 is 1.16 bits per heavy atom. The van der Waals surface area contributed by atoms with E-state index in [-0.39, 0.29) is 24.8 Å². The summed E-state index contributed by atoms with van der Waals surface area (Å²) in [7, 11) is 0. The Kier molecular flexibility index (Phi) is 13.2. The number of rotatable bonds is 4. The average Bonchev–Trinajstić information content (AvgIpc) is 3.88. The molecule has 0 bridgehead atoms. The standard InChI is InChI=1S/C21H13.C15H26.C5H5.2ClH.Zr/c1-2-8-15-14(7-1)13-20-18-11-4-3-9-16(18)17-10-5-6-12-19(17)21(15)20;1-12(14-7-3-4-8-14)11-13(2)15-9-5-6-10-15;1-2-4-5-3-1;;;/h1-13H;12-15H,3-10H2,1-2H3;1-3H,4H2;2*1H;/q-1;;-1;;;+2/p-2. The van der Waals surface area contributed by atoms with Gasteiger partial charge in [0, 0.05) is 0 Å². The topological polar surface area (TPSA) is 0 Å². The number of fused-ring (bicyclic) bond motifs is 8. The second-order valence-electron chi connectivity index (χ2n) is 12.7. The summed E-state index contributed by atoms with van der Waals surface area (Å²) >= 11 is 1.73. The summed E-state index contributed by atoms with van der Waals surface area (Å²) in [5.41, 5.74) is 0. The van der Waals surface area contributed by atoms with E-state index in [9.17, 15) is 0 Å². The normalized spacial score (nSPS) is 17.5. The first-order chi connectivity index (χ1) is 20.6. The predicted octanol–water partition coefficient (Wildman–Crippen LogP) is 5.69. The van der Waals surface area contributed by atoms with Crippen molar-refractivity contribution < 1.29 is 49.0 Å². The van der Waals surface area contributed by atoms with Gasteiger partial charge in [-0.1, -0.05) is 77.5 Å². The van der Waals surface area contributed by atoms with Gasteiger partial charge in [-0.05, 0) is 10.8 Å². The van der Waals surface area contributed by atoms with Crippen molar-refractivity contribution in [2.24, 2.45) is 23.7 Å². The fourth-order valence-corrected chi connectivity index (χ4v) is 8.95. The Bertz CT molecular complexity index is 1700. The quantitative estimate of drug-likeness (QED) is 0.167. The molecule has 5 aromatic rings. The molecule has 228 valence electrons. The van der Waals surface area contributed by atoms with E-state index in [2.05, 4.69) is 105 Å². The largest absolute Gasteiger partial charge is 1.00 e. The molecule has 3 aliphatic carbocycles. The van der Waals surface area contributed by atoms with Crippen LogP contribution >= 0.6 is 0 Å². The molecule has 0 aromatic heterocycles. The molecule has 2 fully saturated rings. The first-order valence-corrected chi connectivity index (χ1v) is 17.5. The fourth-order valence-electron chi connectivity index (χ4n) is 7.79. The maximum absolute atomic E-state index is 2.99. The molecule has 3 heteroatoms. The Morgan fingerprint density at radius 1 is 0.682 bits per heavy atom. The van der Waals surface area contributed by atoms with Crippen molar-refractivity contribution in [3.05, 3.63) is 103 Å². The number of hydrogen-bond donors (Lipinski definition) is 0. The van der Waals surface area contributed by atoms with Gasteiger partial charge >= 0.3 is 116 Å². The molecule has 44 heavy (non-hydrogen) atoms. The van der Waals surface area contributed by atoms with Crippen molar-refractivity contribution in [3.8, 4) is 0 Å². The number of benzene rings is 4. The smallest absolute Gasteiger partial charge is 0.0255 e. The Balaban J connectivity index is 0.000000171. The monoisotopic (exact) mass is 696 g/mol. The summed E-state index contributed by atoms with van der Waals surface area (Å²) < 4.78 is 1.91. The van der Waals surface area contributed by atoms with Gasteiger partial charge in [-0.25, -0.2) is 12.2 Å². The summed E-state index contributed by atoms with van der Waals surface area (Å²) in [5, 5.41) is 10.8. The zero-order valence-electron chi connectivity index (χ0n) is 26.2. The minimum Gasteiger partial charge on any atom is -1.00 e. The molecule has 2 saturated carbocycles. The Morgan fingerprint density at radius 3 is 1.66 bits per heavy atom. The predicted molar refractivity (Wildman–Crippen MR) is 181 cm³/mol. The van der Waals surface area contributed by atoms with E-state index >= 15 is 0 Å². The zero-order valence-corrected chi connectivity index (χ0v) is 30.1. The number of allylic oxidation sites excluding steroid dienone is 4. The van der Waals surface area contributed by atoms with Crippen LogP contribution in [0.25, 0.3) is 43.1 Å². The summed E-state index contributed by atoms with van der Waals surface area (Å²) in [5.74, 6) is 3.93. The number of halogens is 2. The van der Waals surface area contributed by atoms with E-state index in [0.717, 1.165) is 30.1 Å². The molecule has 0 N–H and O–H groups in total. The molecular weight excluding hydrogens is 655 g/mol. The van der Waals surface area contributed by atoms with Gasteiger partial charge in [-0.3, -0.25) is 6.08 Å². The van der Waals surface area contributed by atoms with Gasteiger partial charge in [0.15, 0.2) is 0 Å². The van der Waals surface area contributed by atoms with E-state index in [4.69, 9.17) is 0 Å². The number of hydrogen-bond acceptors (Lipinski definition) is 0. The second kappa shape index (κ2) is 16.6. The first kappa shape index (κ1) is 34.9. The molecule has 0 spiro atoms. The van der Waals surface area contributed by atoms with Crippen molar-refractivity contribution in [3.63, 3.8) is 0 Å². The zero-order chi connectivity index (χ0) is 28.9. The van der Waals surface area contributed by atoms with Gasteiger partial charge < -0.3 is 24.8 Å². The molecule has 5 aromatic carbocycles. The van der Waals surface area contributed by atoms with Crippen LogP contribution in [0.4, 0.5) is 0 Å². The van der Waals surface area contributed by atoms with E-state index in [1.165, 1.54) is 94.5 Å². The summed E-state index contributed by atoms with van der Waals surface area (Å²) in [4.78, 5) is 0. The molecule has 2 unspecified atom stereocenters. The molecule has 0 aliphatic heterocycles. The van der Waals surface area contributed by atoms with Crippen LogP contribution in [0, 0.1) is 29.7 Å². The van der Waals surface area contributed by atoms with Crippen LogP contribution in [0.15, 0.2) is 97.1 Å². The molecule has 0 saturated heterocycles. The second-order valence-corrected chi connectivity index (χ2v) is 14.2. The van der Waals surface area contributed by atoms with E-state index in [1.54, 1.807) is 24.2 Å². The first-order valence-electron chi connectivity index (χ1n) is 16.3. The minimum absolute atomic E-state index is 0. The van der Waals surface area contributed by atoms with Gasteiger partial charge in [-0.2, -0.15) is 6.08 Å². The van der Waals surface area contributed by atoms with Crippen molar-refractivity contribution in [2.75, 3.05) is 0 Å². The molecule has 8 rings (SSSR count). The van der Waals surface area contributed by atoms with Gasteiger partial charge in [0.2, 0.25) is 0 Å². The van der Waals surface area contributed by atoms with E-state index < -0.39 is 0 Å². The SMILES string of the molecule is CC([C](=[Zr+2])C(C)C1CCCC1)C1CCCC1.[C-]1=CC=CC1.[Cl-].[Cl-].c1ccc2c(c1)[cH-]c1c3ccccc3c3ccccc3c21. The van der Waals surface area contributed by atoms with E-state index in [0.29, 0.717) is 0 Å². The van der Waals surface area contributed by atoms with Gasteiger partial charge in [0.05, 0.1) is 0 Å². The van der Waals surface area contributed by atoms with Crippen LogP contribution in [-0.4, -0.2) is 3.21 Å². The van der Waals surface area contributed by atoms with Crippen LogP contribution in [0.5, 0.6) is 0 Å². The van der Waals surface area contributed by atoms with Gasteiger partial charge in [0.25, 0.3) is 0 Å². The fraction of sp³-hybridized carbons (Fsp3) is 0.366. The minimum atomic E-state index is 0. The third-order valence-electron chi connectivity index (χ3n) is 10.3. The summed E-state index contributed by atoms with van der Waals surface area (Å²) in [6, 6.07) is 28.5. The molecule has 0 radical (unpaired) electrons. The van der Waals surface area contributed by atoms with Crippen molar-refractivity contribution in [1.82, 2.24) is 0 Å². The van der Waals surface area contributed by atoms with Crippen LogP contribution in [0.3, 0.4) is 0 Å². The van der Waals surface area contributed by atoms with Crippen LogP contribution in [0.1, 0.15) is 71.6 Å². The molecule has 0 amide bonds. The van der Waals surface area contributed by atoms with Crippen molar-refractivity contribution >= 4 is 46.3 Å².